The molecule has 1 aliphatic heterocycles. The van der Waals surface area contributed by atoms with Crippen LogP contribution in [0.4, 0.5) is 5.69 Å². The number of aromatic amines is 1. The lowest BCUT2D eigenvalue weighted by Gasteiger charge is -2.51. The summed E-state index contributed by atoms with van der Waals surface area (Å²) in [6.07, 6.45) is 12.1. The smallest absolute Gasteiger partial charge is 0.139 e. The van der Waals surface area contributed by atoms with Crippen molar-refractivity contribution in [2.45, 2.75) is 37.3 Å². The van der Waals surface area contributed by atoms with Gasteiger partial charge in [0.15, 0.2) is 0 Å². The van der Waals surface area contributed by atoms with Gasteiger partial charge in [-0.05, 0) is 31.2 Å². The summed E-state index contributed by atoms with van der Waals surface area (Å²) in [4.78, 5) is 18.5. The van der Waals surface area contributed by atoms with Gasteiger partial charge in [0.2, 0.25) is 0 Å². The number of pyridine rings is 1. The molecule has 5 rings (SSSR count). The number of nitrogens with one attached hydrogen (secondary N) is 1. The number of nitrogens with two attached hydrogens (primary N) is 2. The van der Waals surface area contributed by atoms with Crippen LogP contribution in [-0.4, -0.2) is 44.1 Å². The normalized spacial score (nSPS) is 30.6. The Hall–Kier alpha value is -2.51. The first-order chi connectivity index (χ1) is 13.0. The van der Waals surface area contributed by atoms with Crippen LogP contribution in [0.3, 0.4) is 0 Å². The van der Waals surface area contributed by atoms with Crippen LogP contribution in [-0.2, 0) is 0 Å². The van der Waals surface area contributed by atoms with Crippen molar-refractivity contribution in [1.29, 1.82) is 0 Å². The molecule has 3 aromatic rings. The van der Waals surface area contributed by atoms with E-state index in [0.29, 0.717) is 5.92 Å². The second kappa shape index (κ2) is 5.74. The largest absolute Gasteiger partial charge is 0.369 e. The van der Waals surface area contributed by atoms with Gasteiger partial charge in [-0.25, -0.2) is 15.0 Å². The molecule has 1 saturated heterocycles. The molecular weight excluding hydrogens is 338 g/mol. The maximum Gasteiger partial charge on any atom is 0.139 e. The van der Waals surface area contributed by atoms with E-state index in [9.17, 15) is 0 Å². The number of hydrogen-bond donors (Lipinski definition) is 3. The first-order valence-corrected chi connectivity index (χ1v) is 9.56. The molecule has 27 heavy (non-hydrogen) atoms. The predicted molar refractivity (Wildman–Crippen MR) is 106 cm³/mol. The molecule has 4 heterocycles. The molecule has 2 fully saturated rings. The van der Waals surface area contributed by atoms with Crippen molar-refractivity contribution in [3.8, 4) is 11.1 Å². The number of piperidine rings is 1. The van der Waals surface area contributed by atoms with E-state index in [0.717, 1.165) is 60.2 Å². The van der Waals surface area contributed by atoms with Crippen molar-refractivity contribution in [2.75, 3.05) is 18.0 Å². The van der Waals surface area contributed by atoms with Crippen LogP contribution in [0.5, 0.6) is 0 Å². The van der Waals surface area contributed by atoms with Gasteiger partial charge in [-0.1, -0.05) is 6.92 Å². The Morgan fingerprint density at radius 2 is 2.04 bits per heavy atom. The fourth-order valence-corrected chi connectivity index (χ4v) is 5.03. The number of rotatable bonds is 2. The van der Waals surface area contributed by atoms with E-state index in [-0.39, 0.29) is 11.1 Å². The molecule has 0 aromatic carbocycles. The summed E-state index contributed by atoms with van der Waals surface area (Å²) in [5.41, 5.74) is 17.1. The molecule has 2 aliphatic rings. The third-order valence-corrected chi connectivity index (χ3v) is 6.87. The Morgan fingerprint density at radius 3 is 2.85 bits per heavy atom. The summed E-state index contributed by atoms with van der Waals surface area (Å²) in [6, 6.07) is 2.08. The third kappa shape index (κ3) is 2.31. The highest BCUT2D eigenvalue weighted by molar-refractivity contribution is 6.02. The number of hydrogen-bond acceptors (Lipinski definition) is 6. The van der Waals surface area contributed by atoms with Gasteiger partial charge in [-0.3, -0.25) is 0 Å². The minimum atomic E-state index is -0.368. The molecule has 0 spiro atoms. The quantitative estimate of drug-likeness (QED) is 0.643. The summed E-state index contributed by atoms with van der Waals surface area (Å²) in [5, 5.41) is 1.09. The molecule has 3 aromatic heterocycles. The zero-order valence-electron chi connectivity index (χ0n) is 15.5. The average Bonchev–Trinajstić information content (AvgIpc) is 3.22. The molecule has 5 N–H and O–H groups in total. The van der Waals surface area contributed by atoms with E-state index in [4.69, 9.17) is 11.5 Å². The lowest BCUT2D eigenvalue weighted by atomic mass is 9.72. The van der Waals surface area contributed by atoms with Crippen LogP contribution in [0.25, 0.3) is 22.2 Å². The van der Waals surface area contributed by atoms with Crippen molar-refractivity contribution in [3.63, 3.8) is 0 Å². The first-order valence-electron chi connectivity index (χ1n) is 9.56. The van der Waals surface area contributed by atoms with Gasteiger partial charge >= 0.3 is 0 Å². The van der Waals surface area contributed by atoms with E-state index >= 15 is 0 Å². The number of nitrogens with zero attached hydrogens (tertiary/aromatic N) is 4. The Morgan fingerprint density at radius 1 is 1.22 bits per heavy atom. The monoisotopic (exact) mass is 363 g/mol. The van der Waals surface area contributed by atoms with Gasteiger partial charge in [-0.2, -0.15) is 0 Å². The summed E-state index contributed by atoms with van der Waals surface area (Å²) in [6.45, 7) is 3.90. The fraction of sp³-hybridized carbons (Fsp3) is 0.450. The van der Waals surface area contributed by atoms with Gasteiger partial charge in [0, 0.05) is 60.2 Å². The Kier molecular flexibility index (Phi) is 3.54. The zero-order valence-corrected chi connectivity index (χ0v) is 15.5. The SMILES string of the molecule is CC1CC[C@]2(N)CCN(c3ccnc4[nH]cc(-c5cncnc5)c34)C[C@]12N. The zero-order chi connectivity index (χ0) is 18.6. The van der Waals surface area contributed by atoms with Crippen molar-refractivity contribution in [1.82, 2.24) is 19.9 Å². The van der Waals surface area contributed by atoms with E-state index in [1.165, 1.54) is 0 Å². The predicted octanol–water partition coefficient (Wildman–Crippen LogP) is 2.05. The average molecular weight is 363 g/mol. The van der Waals surface area contributed by atoms with E-state index in [2.05, 4.69) is 37.8 Å². The Balaban J connectivity index is 1.61. The highest BCUT2D eigenvalue weighted by Gasteiger charge is 2.56. The number of fused-ring (bicyclic) bond motifs is 2. The standard InChI is InChI=1S/C20H25N7/c1-13-2-4-19(21)5-7-27(11-20(13,19)22)16-3-6-25-18-17(16)15(10-26-18)14-8-23-12-24-9-14/h3,6,8-10,12-13H,2,4-5,7,11,21-22H2,1H3,(H,25,26)/t13?,19-,20-/m0/s1. The van der Waals surface area contributed by atoms with E-state index < -0.39 is 0 Å². The van der Waals surface area contributed by atoms with Crippen molar-refractivity contribution in [2.24, 2.45) is 17.4 Å². The lowest BCUT2D eigenvalue weighted by Crippen LogP contribution is -2.73. The summed E-state index contributed by atoms with van der Waals surface area (Å²) in [7, 11) is 0. The molecule has 1 aliphatic carbocycles. The molecule has 1 unspecified atom stereocenters. The highest BCUT2D eigenvalue weighted by Crippen LogP contribution is 2.47. The maximum absolute atomic E-state index is 6.93. The van der Waals surface area contributed by atoms with Gasteiger partial charge in [0.1, 0.15) is 12.0 Å². The van der Waals surface area contributed by atoms with Crippen molar-refractivity contribution in [3.05, 3.63) is 37.2 Å². The van der Waals surface area contributed by atoms with Crippen LogP contribution in [0.15, 0.2) is 37.2 Å². The van der Waals surface area contributed by atoms with Crippen molar-refractivity contribution < 1.29 is 0 Å². The molecule has 1 saturated carbocycles. The van der Waals surface area contributed by atoms with E-state index in [1.54, 1.807) is 6.33 Å². The maximum atomic E-state index is 6.93. The van der Waals surface area contributed by atoms with Crippen LogP contribution < -0.4 is 16.4 Å². The summed E-state index contributed by atoms with van der Waals surface area (Å²) < 4.78 is 0. The van der Waals surface area contributed by atoms with Crippen LogP contribution in [0, 0.1) is 5.92 Å². The molecule has 0 radical (unpaired) electrons. The molecular formula is C20H25N7. The second-order valence-corrected chi connectivity index (χ2v) is 8.19. The van der Waals surface area contributed by atoms with Crippen LogP contribution >= 0.6 is 0 Å². The van der Waals surface area contributed by atoms with Gasteiger partial charge in [0.05, 0.1) is 10.9 Å². The highest BCUT2D eigenvalue weighted by atomic mass is 15.2. The molecule has 7 heteroatoms. The molecule has 0 amide bonds. The van der Waals surface area contributed by atoms with Crippen LogP contribution in [0.2, 0.25) is 0 Å². The molecule has 140 valence electrons. The lowest BCUT2D eigenvalue weighted by molar-refractivity contribution is 0.183. The van der Waals surface area contributed by atoms with Crippen molar-refractivity contribution >= 4 is 16.7 Å². The minimum absolute atomic E-state index is 0.261. The number of H-pyrrole nitrogens is 1. The Labute approximate surface area is 158 Å². The first kappa shape index (κ1) is 16.6. The number of anilines is 1. The molecule has 0 bridgehead atoms. The summed E-state index contributed by atoms with van der Waals surface area (Å²) >= 11 is 0. The second-order valence-electron chi connectivity index (χ2n) is 8.19. The summed E-state index contributed by atoms with van der Waals surface area (Å²) in [5.74, 6) is 0.413. The van der Waals surface area contributed by atoms with E-state index in [1.807, 2.05) is 24.8 Å². The molecule has 3 atom stereocenters. The van der Waals surface area contributed by atoms with Gasteiger partial charge < -0.3 is 21.4 Å². The van der Waals surface area contributed by atoms with Gasteiger partial charge in [0.25, 0.3) is 0 Å². The minimum Gasteiger partial charge on any atom is -0.369 e. The fourth-order valence-electron chi connectivity index (χ4n) is 5.03. The van der Waals surface area contributed by atoms with Crippen LogP contribution in [0.1, 0.15) is 26.2 Å². The topological polar surface area (TPSA) is 110 Å². The number of aromatic nitrogens is 4. The molecule has 7 nitrogen and oxygen atoms in total. The Bertz CT molecular complexity index is 984. The van der Waals surface area contributed by atoms with Gasteiger partial charge in [-0.15, -0.1) is 0 Å². The third-order valence-electron chi connectivity index (χ3n) is 6.87.